The molecule has 1 fully saturated rings. The van der Waals surface area contributed by atoms with Crippen LogP contribution in [0.2, 0.25) is 0 Å². The number of likely N-dealkylation sites (tertiary alicyclic amines) is 1. The molecule has 0 amide bonds. The second-order valence-corrected chi connectivity index (χ2v) is 9.04. The second-order valence-electron chi connectivity index (χ2n) is 9.04. The van der Waals surface area contributed by atoms with Gasteiger partial charge in [-0.05, 0) is 67.1 Å². The molecule has 1 N–H and O–H groups in total. The highest BCUT2D eigenvalue weighted by Crippen LogP contribution is 2.22. The van der Waals surface area contributed by atoms with Gasteiger partial charge in [0.05, 0.1) is 0 Å². The summed E-state index contributed by atoms with van der Waals surface area (Å²) in [5.41, 5.74) is 4.08. The Labute approximate surface area is 186 Å². The van der Waals surface area contributed by atoms with Crippen LogP contribution in [0.15, 0.2) is 48.5 Å². The number of fused-ring (bicyclic) bond motifs is 1. The van der Waals surface area contributed by atoms with Gasteiger partial charge in [-0.2, -0.15) is 0 Å². The summed E-state index contributed by atoms with van der Waals surface area (Å²) in [6.45, 7) is 6.94. The van der Waals surface area contributed by atoms with Crippen LogP contribution in [0.4, 0.5) is 0 Å². The minimum Gasteiger partial charge on any atom is -0.491 e. The van der Waals surface area contributed by atoms with Gasteiger partial charge in [-0.1, -0.05) is 36.4 Å². The summed E-state index contributed by atoms with van der Waals surface area (Å²) in [5, 5.41) is 10.5. The first-order valence-electron chi connectivity index (χ1n) is 11.6. The zero-order valence-electron chi connectivity index (χ0n) is 18.7. The molecule has 0 bridgehead atoms. The second kappa shape index (κ2) is 11.1. The number of hydrogen-bond donors (Lipinski definition) is 1. The summed E-state index contributed by atoms with van der Waals surface area (Å²) < 4.78 is 11.2. The van der Waals surface area contributed by atoms with Crippen molar-refractivity contribution in [3.8, 4) is 5.75 Å². The first kappa shape index (κ1) is 22.3. The van der Waals surface area contributed by atoms with E-state index in [1.54, 1.807) is 7.11 Å². The number of rotatable bonds is 9. The van der Waals surface area contributed by atoms with E-state index in [9.17, 15) is 5.11 Å². The molecule has 4 rings (SSSR count). The Balaban J connectivity index is 1.21. The maximum absolute atomic E-state index is 10.5. The lowest BCUT2D eigenvalue weighted by Gasteiger charge is -2.31. The molecule has 2 aliphatic heterocycles. The standard InChI is InChI=1S/C26H36N2O3/c1-30-19-21-9-12-27(13-10-21)16-22-5-4-8-26(15-22)31-20-25(29)18-28-14-11-23-6-2-3-7-24(23)17-28/h2-8,15,21,25,29H,9-14,16-20H2,1H3/t25-/m0/s1. The van der Waals surface area contributed by atoms with Gasteiger partial charge in [0.25, 0.3) is 0 Å². The fourth-order valence-corrected chi connectivity index (χ4v) is 4.79. The molecule has 0 radical (unpaired) electrons. The molecule has 0 aromatic heterocycles. The van der Waals surface area contributed by atoms with Crippen LogP contribution < -0.4 is 4.74 Å². The third-order valence-corrected chi connectivity index (χ3v) is 6.54. The number of nitrogens with zero attached hydrogens (tertiary/aromatic N) is 2. The van der Waals surface area contributed by atoms with Crippen molar-refractivity contribution < 1.29 is 14.6 Å². The van der Waals surface area contributed by atoms with Crippen LogP contribution in [0.25, 0.3) is 0 Å². The number of methoxy groups -OCH3 is 1. The van der Waals surface area contributed by atoms with Gasteiger partial charge in [0, 0.05) is 39.9 Å². The van der Waals surface area contributed by atoms with Crippen molar-refractivity contribution >= 4 is 0 Å². The van der Waals surface area contributed by atoms with Gasteiger partial charge < -0.3 is 14.6 Å². The van der Waals surface area contributed by atoms with Crippen LogP contribution >= 0.6 is 0 Å². The lowest BCUT2D eigenvalue weighted by Crippen LogP contribution is -2.38. The molecule has 0 spiro atoms. The van der Waals surface area contributed by atoms with Crippen molar-refractivity contribution in [2.24, 2.45) is 5.92 Å². The van der Waals surface area contributed by atoms with E-state index in [1.807, 2.05) is 6.07 Å². The van der Waals surface area contributed by atoms with Gasteiger partial charge in [0.1, 0.15) is 18.5 Å². The number of aliphatic hydroxyl groups excluding tert-OH is 1. The van der Waals surface area contributed by atoms with Crippen LogP contribution in [0.5, 0.6) is 5.75 Å². The van der Waals surface area contributed by atoms with Crippen molar-refractivity contribution in [2.75, 3.05) is 46.5 Å². The number of hydrogen-bond acceptors (Lipinski definition) is 5. The van der Waals surface area contributed by atoms with Gasteiger partial charge in [-0.3, -0.25) is 9.80 Å². The molecule has 31 heavy (non-hydrogen) atoms. The van der Waals surface area contributed by atoms with Crippen LogP contribution in [-0.4, -0.2) is 67.5 Å². The maximum atomic E-state index is 10.5. The molecular formula is C26H36N2O3. The smallest absolute Gasteiger partial charge is 0.119 e. The molecule has 2 aromatic rings. The summed E-state index contributed by atoms with van der Waals surface area (Å²) in [6.07, 6.45) is 2.97. The van der Waals surface area contributed by atoms with Gasteiger partial charge in [0.15, 0.2) is 0 Å². The van der Waals surface area contributed by atoms with Crippen LogP contribution in [0.1, 0.15) is 29.5 Å². The van der Waals surface area contributed by atoms with E-state index in [0.717, 1.165) is 51.5 Å². The van der Waals surface area contributed by atoms with Crippen LogP contribution in [-0.2, 0) is 24.2 Å². The van der Waals surface area contributed by atoms with E-state index in [4.69, 9.17) is 9.47 Å². The zero-order valence-corrected chi connectivity index (χ0v) is 18.7. The summed E-state index contributed by atoms with van der Waals surface area (Å²) in [4.78, 5) is 4.83. The SMILES string of the molecule is COCC1CCN(Cc2cccc(OC[C@@H](O)CN3CCc4ccccc4C3)c2)CC1. The van der Waals surface area contributed by atoms with Crippen molar-refractivity contribution in [3.05, 3.63) is 65.2 Å². The number of β-amino-alcohol motifs (C(OH)–C–C–N with tert-alkyl or cyclic N) is 1. The Hall–Kier alpha value is -1.92. The molecular weight excluding hydrogens is 388 g/mol. The maximum Gasteiger partial charge on any atom is 0.119 e. The fourth-order valence-electron chi connectivity index (χ4n) is 4.79. The van der Waals surface area contributed by atoms with E-state index >= 15 is 0 Å². The molecule has 2 heterocycles. The molecule has 168 valence electrons. The quantitative estimate of drug-likeness (QED) is 0.669. The summed E-state index contributed by atoms with van der Waals surface area (Å²) in [5.74, 6) is 1.54. The number of piperidine rings is 1. The van der Waals surface area contributed by atoms with E-state index in [1.165, 1.54) is 29.5 Å². The molecule has 5 heteroatoms. The first-order valence-corrected chi connectivity index (χ1v) is 11.6. The van der Waals surface area contributed by atoms with Crippen LogP contribution in [0, 0.1) is 5.92 Å². The highest BCUT2D eigenvalue weighted by molar-refractivity contribution is 5.29. The summed E-state index contributed by atoms with van der Waals surface area (Å²) >= 11 is 0. The monoisotopic (exact) mass is 424 g/mol. The Bertz CT molecular complexity index is 820. The molecule has 1 saturated heterocycles. The predicted octanol–water partition coefficient (Wildman–Crippen LogP) is 3.34. The Morgan fingerprint density at radius 3 is 2.61 bits per heavy atom. The average molecular weight is 425 g/mol. The van der Waals surface area contributed by atoms with E-state index in [0.29, 0.717) is 19.1 Å². The Kier molecular flexibility index (Phi) is 7.97. The molecule has 0 aliphatic carbocycles. The van der Waals surface area contributed by atoms with Gasteiger partial charge in [-0.15, -0.1) is 0 Å². The molecule has 1 atom stereocenters. The highest BCUT2D eigenvalue weighted by atomic mass is 16.5. The van der Waals surface area contributed by atoms with E-state index in [-0.39, 0.29) is 0 Å². The minimum absolute atomic E-state index is 0.323. The van der Waals surface area contributed by atoms with Gasteiger partial charge in [-0.25, -0.2) is 0 Å². The Morgan fingerprint density at radius 2 is 1.81 bits per heavy atom. The zero-order chi connectivity index (χ0) is 21.5. The number of ether oxygens (including phenoxy) is 2. The lowest BCUT2D eigenvalue weighted by molar-refractivity contribution is 0.0637. The van der Waals surface area contributed by atoms with Gasteiger partial charge in [0.2, 0.25) is 0 Å². The summed E-state index contributed by atoms with van der Waals surface area (Å²) in [6, 6.07) is 16.9. The number of benzene rings is 2. The molecule has 2 aromatic carbocycles. The lowest BCUT2D eigenvalue weighted by atomic mass is 9.97. The van der Waals surface area contributed by atoms with Gasteiger partial charge >= 0.3 is 0 Å². The third kappa shape index (κ3) is 6.53. The third-order valence-electron chi connectivity index (χ3n) is 6.54. The van der Waals surface area contributed by atoms with Crippen molar-refractivity contribution in [2.45, 2.75) is 38.5 Å². The molecule has 2 aliphatic rings. The number of aliphatic hydroxyl groups is 1. The highest BCUT2D eigenvalue weighted by Gasteiger charge is 2.20. The largest absolute Gasteiger partial charge is 0.491 e. The molecule has 0 saturated carbocycles. The molecule has 0 unspecified atom stereocenters. The average Bonchev–Trinajstić information content (AvgIpc) is 2.79. The Morgan fingerprint density at radius 1 is 1.00 bits per heavy atom. The van der Waals surface area contributed by atoms with Crippen molar-refractivity contribution in [1.29, 1.82) is 0 Å². The normalized spacial score (nSPS) is 19.2. The predicted molar refractivity (Wildman–Crippen MR) is 123 cm³/mol. The van der Waals surface area contributed by atoms with E-state index in [2.05, 4.69) is 52.3 Å². The fraction of sp³-hybridized carbons (Fsp3) is 0.538. The molecule has 5 nitrogen and oxygen atoms in total. The first-order chi connectivity index (χ1) is 15.2. The van der Waals surface area contributed by atoms with E-state index < -0.39 is 6.10 Å². The minimum atomic E-state index is -0.492. The van der Waals surface area contributed by atoms with Crippen LogP contribution in [0.3, 0.4) is 0 Å². The van der Waals surface area contributed by atoms with Crippen molar-refractivity contribution in [3.63, 3.8) is 0 Å². The van der Waals surface area contributed by atoms with Crippen molar-refractivity contribution in [1.82, 2.24) is 9.80 Å². The topological polar surface area (TPSA) is 45.2 Å². The summed E-state index contributed by atoms with van der Waals surface area (Å²) in [7, 11) is 1.79.